The van der Waals surface area contributed by atoms with Gasteiger partial charge in [-0.15, -0.1) is 6.42 Å². The highest BCUT2D eigenvalue weighted by molar-refractivity contribution is 8.03. The number of ether oxygens (including phenoxy) is 1. The molecule has 1 fully saturated rings. The molecule has 8 nitrogen and oxygen atoms in total. The molecule has 1 heterocycles. The molecule has 0 aromatic rings. The molecule has 1 saturated heterocycles. The minimum atomic E-state index is -4.43. The Balaban J connectivity index is 2.87. The summed E-state index contributed by atoms with van der Waals surface area (Å²) in [6.07, 6.45) is 2.37. The van der Waals surface area contributed by atoms with Crippen molar-refractivity contribution in [3.63, 3.8) is 0 Å². The molecule has 0 aromatic carbocycles. The van der Waals surface area contributed by atoms with Gasteiger partial charge in [-0.1, -0.05) is 5.92 Å². The lowest BCUT2D eigenvalue weighted by Crippen LogP contribution is -2.33. The van der Waals surface area contributed by atoms with Crippen LogP contribution in [0, 0.1) is 12.3 Å². The second-order valence-electron chi connectivity index (χ2n) is 3.35. The Hall–Kier alpha value is -1.15. The topological polar surface area (TPSA) is 113 Å². The van der Waals surface area contributed by atoms with E-state index in [2.05, 4.69) is 19.0 Å². The maximum atomic E-state index is 11.4. The molecule has 0 radical (unpaired) electrons. The second-order valence-corrected chi connectivity index (χ2v) is 6.95. The normalized spacial score (nSPS) is 27.4. The molecule has 18 heavy (non-hydrogen) atoms. The van der Waals surface area contributed by atoms with E-state index in [-0.39, 0.29) is 0 Å². The van der Waals surface area contributed by atoms with Crippen molar-refractivity contribution in [2.75, 3.05) is 11.7 Å². The van der Waals surface area contributed by atoms with E-state index in [0.29, 0.717) is 0 Å². The van der Waals surface area contributed by atoms with Crippen LogP contribution in [0.2, 0.25) is 0 Å². The van der Waals surface area contributed by atoms with Crippen molar-refractivity contribution in [1.82, 2.24) is 0 Å². The van der Waals surface area contributed by atoms with Crippen molar-refractivity contribution in [1.29, 1.82) is 0 Å². The van der Waals surface area contributed by atoms with Gasteiger partial charge in [-0.2, -0.15) is 16.8 Å². The van der Waals surface area contributed by atoms with Gasteiger partial charge in [-0.05, 0) is 6.92 Å². The summed E-state index contributed by atoms with van der Waals surface area (Å²) in [5.41, 5.74) is 0. The van der Waals surface area contributed by atoms with Gasteiger partial charge in [0.05, 0.1) is 0 Å². The van der Waals surface area contributed by atoms with E-state index in [9.17, 15) is 21.6 Å². The van der Waals surface area contributed by atoms with Gasteiger partial charge in [0, 0.05) is 0 Å². The van der Waals surface area contributed by atoms with Crippen LogP contribution < -0.4 is 0 Å². The fourth-order valence-electron chi connectivity index (χ4n) is 1.00. The van der Waals surface area contributed by atoms with Crippen LogP contribution in [0.3, 0.4) is 0 Å². The molecule has 2 unspecified atom stereocenters. The molecule has 2 atom stereocenters. The predicted molar refractivity (Wildman–Crippen MR) is 57.9 cm³/mol. The standard InChI is InChI=1S/C8H10O8S2/c1-3-6(2)15-8(9)7-4-14-17(10,11)5-18(12,13)16-7/h1,6-7H,4-5H2,2H3. The molecule has 102 valence electrons. The van der Waals surface area contributed by atoms with Gasteiger partial charge in [0.1, 0.15) is 6.61 Å². The summed E-state index contributed by atoms with van der Waals surface area (Å²) >= 11 is 0. The quantitative estimate of drug-likeness (QED) is 0.347. The van der Waals surface area contributed by atoms with Gasteiger partial charge in [0.15, 0.2) is 12.2 Å². The zero-order chi connectivity index (χ0) is 14.0. The van der Waals surface area contributed by atoms with Crippen molar-refractivity contribution in [2.45, 2.75) is 19.1 Å². The molecule has 0 aromatic heterocycles. The molecule has 0 saturated carbocycles. The Morgan fingerprint density at radius 1 is 1.39 bits per heavy atom. The highest BCUT2D eigenvalue weighted by atomic mass is 32.3. The molecule has 0 amide bonds. The average molecular weight is 298 g/mol. The summed E-state index contributed by atoms with van der Waals surface area (Å²) in [4.78, 5) is 11.4. The molecule has 0 bridgehead atoms. The van der Waals surface area contributed by atoms with Crippen LogP contribution in [-0.2, 0) is 38.1 Å². The third-order valence-corrected chi connectivity index (χ3v) is 5.07. The number of esters is 1. The second kappa shape index (κ2) is 5.23. The van der Waals surface area contributed by atoms with Crippen molar-refractivity contribution in [3.05, 3.63) is 0 Å². The van der Waals surface area contributed by atoms with Crippen molar-refractivity contribution < 1.29 is 34.7 Å². The van der Waals surface area contributed by atoms with Crippen LogP contribution in [0.5, 0.6) is 0 Å². The monoisotopic (exact) mass is 298 g/mol. The molecular formula is C8H10O8S2. The lowest BCUT2D eigenvalue weighted by molar-refractivity contribution is -0.155. The number of carbonyl (C=O) groups is 1. The van der Waals surface area contributed by atoms with E-state index in [1.807, 2.05) is 0 Å². The molecule has 10 heteroatoms. The van der Waals surface area contributed by atoms with Crippen molar-refractivity contribution >= 4 is 26.2 Å². The van der Waals surface area contributed by atoms with Crippen molar-refractivity contribution in [3.8, 4) is 12.3 Å². The first-order valence-corrected chi connectivity index (χ1v) is 7.75. The largest absolute Gasteiger partial charge is 0.447 e. The molecule has 1 aliphatic rings. The van der Waals surface area contributed by atoms with E-state index in [1.165, 1.54) is 6.92 Å². The minimum Gasteiger partial charge on any atom is -0.447 e. The summed E-state index contributed by atoms with van der Waals surface area (Å²) in [6.45, 7) is 0.596. The predicted octanol–water partition coefficient (Wildman–Crippen LogP) is -1.42. The number of terminal acetylenes is 1. The lowest BCUT2D eigenvalue weighted by Gasteiger charge is -2.13. The molecule has 0 spiro atoms. The number of hydrogen-bond acceptors (Lipinski definition) is 8. The molecule has 1 aliphatic heterocycles. The number of hydrogen-bond donors (Lipinski definition) is 0. The first-order valence-electron chi connectivity index (χ1n) is 4.60. The fourth-order valence-corrected chi connectivity index (χ4v) is 3.73. The first-order chi connectivity index (χ1) is 8.15. The van der Waals surface area contributed by atoms with Gasteiger partial charge in [-0.3, -0.25) is 8.37 Å². The Morgan fingerprint density at radius 2 is 2.00 bits per heavy atom. The maximum Gasteiger partial charge on any atom is 0.340 e. The van der Waals surface area contributed by atoms with E-state index in [0.717, 1.165) is 0 Å². The zero-order valence-corrected chi connectivity index (χ0v) is 10.9. The van der Waals surface area contributed by atoms with E-state index >= 15 is 0 Å². The first kappa shape index (κ1) is 14.9. The minimum absolute atomic E-state index is 0.780. The van der Waals surface area contributed by atoms with Crippen molar-refractivity contribution in [2.24, 2.45) is 0 Å². The Kier molecular flexibility index (Phi) is 4.33. The van der Waals surface area contributed by atoms with E-state index in [4.69, 9.17) is 6.42 Å². The van der Waals surface area contributed by atoms with Crippen LogP contribution in [-0.4, -0.2) is 46.7 Å². The fraction of sp³-hybridized carbons (Fsp3) is 0.625. The third kappa shape index (κ3) is 4.26. The summed E-state index contributed by atoms with van der Waals surface area (Å²) < 4.78 is 57.9. The lowest BCUT2D eigenvalue weighted by atomic mass is 10.4. The highest BCUT2D eigenvalue weighted by Gasteiger charge is 2.37. The Morgan fingerprint density at radius 3 is 2.56 bits per heavy atom. The van der Waals surface area contributed by atoms with Crippen LogP contribution in [0.4, 0.5) is 0 Å². The molecular weight excluding hydrogens is 288 g/mol. The summed E-state index contributed by atoms with van der Waals surface area (Å²) in [6, 6.07) is 0. The third-order valence-electron chi connectivity index (χ3n) is 1.74. The van der Waals surface area contributed by atoms with Crippen LogP contribution in [0.25, 0.3) is 0 Å². The van der Waals surface area contributed by atoms with E-state index < -0.39 is 50.1 Å². The van der Waals surface area contributed by atoms with Gasteiger partial charge in [0.2, 0.25) is 5.08 Å². The van der Waals surface area contributed by atoms with E-state index in [1.54, 1.807) is 0 Å². The van der Waals surface area contributed by atoms with Gasteiger partial charge < -0.3 is 4.74 Å². The summed E-state index contributed by atoms with van der Waals surface area (Å²) in [5.74, 6) is 0.970. The van der Waals surface area contributed by atoms with Gasteiger partial charge in [0.25, 0.3) is 20.2 Å². The van der Waals surface area contributed by atoms with Crippen LogP contribution in [0.1, 0.15) is 6.92 Å². The number of rotatable bonds is 2. The smallest absolute Gasteiger partial charge is 0.340 e. The molecule has 1 rings (SSSR count). The van der Waals surface area contributed by atoms with Gasteiger partial charge >= 0.3 is 5.97 Å². The van der Waals surface area contributed by atoms with Crippen LogP contribution in [0.15, 0.2) is 0 Å². The average Bonchev–Trinajstić information content (AvgIpc) is 2.32. The Labute approximate surface area is 104 Å². The van der Waals surface area contributed by atoms with Gasteiger partial charge in [-0.25, -0.2) is 4.79 Å². The highest BCUT2D eigenvalue weighted by Crippen LogP contribution is 2.14. The maximum absolute atomic E-state index is 11.4. The zero-order valence-electron chi connectivity index (χ0n) is 9.23. The summed E-state index contributed by atoms with van der Waals surface area (Å²) in [7, 11) is -8.72. The van der Waals surface area contributed by atoms with Crippen LogP contribution >= 0.6 is 0 Å². The molecule has 0 N–H and O–H groups in total. The molecule has 0 aliphatic carbocycles. The summed E-state index contributed by atoms with van der Waals surface area (Å²) in [5, 5.41) is -1.35. The number of carbonyl (C=O) groups excluding carboxylic acids is 1. The SMILES string of the molecule is C#CC(C)OC(=O)C1COS(=O)(=O)CS(=O)(=O)O1. The Bertz CT molecular complexity index is 567.